The molecule has 1 aliphatic carbocycles. The molecule has 1 aliphatic heterocycles. The van der Waals surface area contributed by atoms with Gasteiger partial charge in [-0.25, -0.2) is 18.7 Å². The Morgan fingerprint density at radius 1 is 1.21 bits per heavy atom. The lowest BCUT2D eigenvalue weighted by atomic mass is 9.91. The molecule has 1 aromatic heterocycles. The summed E-state index contributed by atoms with van der Waals surface area (Å²) in [4.78, 5) is 9.30. The van der Waals surface area contributed by atoms with Gasteiger partial charge in [-0.15, -0.1) is 0 Å². The van der Waals surface area contributed by atoms with Gasteiger partial charge in [0.1, 0.15) is 5.92 Å². The minimum Gasteiger partial charge on any atom is -0.354 e. The second-order valence-corrected chi connectivity index (χ2v) is 8.99. The first-order valence-corrected chi connectivity index (χ1v) is 11.5. The minimum absolute atomic E-state index is 0.255. The Kier molecular flexibility index (Phi) is 6.03. The number of aromatic nitrogens is 2. The summed E-state index contributed by atoms with van der Waals surface area (Å²) in [6.07, 6.45) is 4.66. The predicted molar refractivity (Wildman–Crippen MR) is 131 cm³/mol. The second-order valence-electron chi connectivity index (χ2n) is 8.59. The number of hydrogen-bond acceptors (Lipinski definition) is 5. The van der Waals surface area contributed by atoms with Crippen molar-refractivity contribution < 1.29 is 8.78 Å². The summed E-state index contributed by atoms with van der Waals surface area (Å²) in [5.41, 5.74) is 2.94. The number of nitriles is 1. The first kappa shape index (κ1) is 22.5. The molecule has 172 valence electrons. The number of anilines is 1. The molecule has 2 N–H and O–H groups in total. The van der Waals surface area contributed by atoms with E-state index < -0.39 is 11.8 Å². The number of allylic oxidation sites excluding steroid dienone is 4. The van der Waals surface area contributed by atoms with Crippen molar-refractivity contribution in [1.82, 2.24) is 15.3 Å². The molecular weight excluding hydrogens is 456 g/mol. The van der Waals surface area contributed by atoms with Crippen LogP contribution in [0.2, 0.25) is 5.02 Å². The van der Waals surface area contributed by atoms with Gasteiger partial charge in [-0.2, -0.15) is 5.26 Å². The Bertz CT molecular complexity index is 1340. The Labute approximate surface area is 201 Å². The molecule has 2 aromatic carbocycles. The fourth-order valence-electron chi connectivity index (χ4n) is 4.36. The van der Waals surface area contributed by atoms with Crippen LogP contribution in [-0.4, -0.2) is 35.5 Å². The summed E-state index contributed by atoms with van der Waals surface area (Å²) in [5.74, 6) is -3.95. The van der Waals surface area contributed by atoms with Gasteiger partial charge < -0.3 is 10.6 Å². The van der Waals surface area contributed by atoms with Gasteiger partial charge in [-0.1, -0.05) is 48.0 Å². The van der Waals surface area contributed by atoms with E-state index in [0.717, 1.165) is 36.7 Å². The van der Waals surface area contributed by atoms with Crippen LogP contribution in [0.5, 0.6) is 0 Å². The van der Waals surface area contributed by atoms with Crippen LogP contribution in [0.3, 0.4) is 0 Å². The molecule has 2 aliphatic rings. The van der Waals surface area contributed by atoms with Gasteiger partial charge in [0.25, 0.3) is 5.92 Å². The molecule has 1 unspecified atom stereocenters. The summed E-state index contributed by atoms with van der Waals surface area (Å²) < 4.78 is 29.2. The SMILES string of the molecule is N#C[C@@H]1C=CC(c2nc(NCC3CCNC3)nc3ccc(-c4ccccc4Cl)cc23)=CC1(F)F. The lowest BCUT2D eigenvalue weighted by Gasteiger charge is -2.21. The van der Waals surface area contributed by atoms with Crippen LogP contribution >= 0.6 is 11.6 Å². The molecule has 0 amide bonds. The fraction of sp³-hybridized carbons (Fsp3) is 0.269. The summed E-state index contributed by atoms with van der Waals surface area (Å²) >= 11 is 6.40. The standard InChI is InChI=1S/C26H22ClF2N5/c27-22-4-2-1-3-20(22)17-6-8-23-21(11-17)24(18-5-7-19(13-30)26(28,29)12-18)34-25(33-23)32-15-16-9-10-31-14-16/h1-8,11-12,16,19,31H,9-10,14-15H2,(H,32,33,34)/t16?,19-/m0/s1. The zero-order valence-electron chi connectivity index (χ0n) is 18.2. The zero-order valence-corrected chi connectivity index (χ0v) is 19.0. The Balaban J connectivity index is 1.62. The van der Waals surface area contributed by atoms with E-state index in [9.17, 15) is 8.78 Å². The van der Waals surface area contributed by atoms with Crippen molar-refractivity contribution in [2.75, 3.05) is 25.0 Å². The molecular formula is C26H22ClF2N5. The minimum atomic E-state index is -3.29. The van der Waals surface area contributed by atoms with E-state index in [4.69, 9.17) is 16.9 Å². The van der Waals surface area contributed by atoms with E-state index in [1.165, 1.54) is 6.08 Å². The van der Waals surface area contributed by atoms with Crippen molar-refractivity contribution in [1.29, 1.82) is 5.26 Å². The van der Waals surface area contributed by atoms with Crippen molar-refractivity contribution >= 4 is 34.0 Å². The van der Waals surface area contributed by atoms with Gasteiger partial charge in [0, 0.05) is 28.1 Å². The molecule has 1 fully saturated rings. The second kappa shape index (κ2) is 9.13. The summed E-state index contributed by atoms with van der Waals surface area (Å²) in [6.45, 7) is 2.59. The number of hydrogen-bond donors (Lipinski definition) is 2. The summed E-state index contributed by atoms with van der Waals surface area (Å²) in [6, 6.07) is 14.7. The zero-order chi connectivity index (χ0) is 23.7. The number of rotatable bonds is 5. The predicted octanol–water partition coefficient (Wildman–Crippen LogP) is 5.70. The normalized spacial score (nSPS) is 21.3. The molecule has 3 aromatic rings. The van der Waals surface area contributed by atoms with E-state index in [0.29, 0.717) is 40.0 Å². The molecule has 2 atom stereocenters. The smallest absolute Gasteiger partial charge is 0.286 e. The lowest BCUT2D eigenvalue weighted by Crippen LogP contribution is -2.25. The van der Waals surface area contributed by atoms with E-state index in [1.54, 1.807) is 18.2 Å². The number of benzene rings is 2. The maximum atomic E-state index is 14.6. The number of halogens is 3. The van der Waals surface area contributed by atoms with Crippen molar-refractivity contribution in [3.63, 3.8) is 0 Å². The third-order valence-electron chi connectivity index (χ3n) is 6.24. The first-order valence-electron chi connectivity index (χ1n) is 11.1. The third-order valence-corrected chi connectivity index (χ3v) is 6.56. The molecule has 0 radical (unpaired) electrons. The van der Waals surface area contributed by atoms with E-state index in [2.05, 4.69) is 20.6 Å². The first-order chi connectivity index (χ1) is 16.4. The van der Waals surface area contributed by atoms with Crippen LogP contribution in [0, 0.1) is 23.2 Å². The Morgan fingerprint density at radius 3 is 2.79 bits per heavy atom. The molecule has 8 heteroatoms. The van der Waals surface area contributed by atoms with Gasteiger partial charge in [0.05, 0.1) is 17.3 Å². The van der Waals surface area contributed by atoms with Crippen LogP contribution in [0.15, 0.2) is 60.7 Å². The summed E-state index contributed by atoms with van der Waals surface area (Å²) in [5, 5.41) is 16.9. The molecule has 0 bridgehead atoms. The molecule has 5 nitrogen and oxygen atoms in total. The van der Waals surface area contributed by atoms with Crippen molar-refractivity contribution in [2.45, 2.75) is 12.3 Å². The quantitative estimate of drug-likeness (QED) is 0.493. The Hall–Kier alpha value is -3.34. The molecule has 34 heavy (non-hydrogen) atoms. The van der Waals surface area contributed by atoms with Gasteiger partial charge >= 0.3 is 0 Å². The van der Waals surface area contributed by atoms with E-state index in [-0.39, 0.29) is 5.57 Å². The largest absolute Gasteiger partial charge is 0.354 e. The topological polar surface area (TPSA) is 73.6 Å². The number of fused-ring (bicyclic) bond motifs is 1. The highest BCUT2D eigenvalue weighted by molar-refractivity contribution is 6.33. The highest BCUT2D eigenvalue weighted by atomic mass is 35.5. The number of nitrogens with one attached hydrogen (secondary N) is 2. The average Bonchev–Trinajstić information content (AvgIpc) is 3.35. The molecule has 0 spiro atoms. The molecule has 1 saturated heterocycles. The van der Waals surface area contributed by atoms with Gasteiger partial charge in [-0.05, 0) is 55.3 Å². The van der Waals surface area contributed by atoms with E-state index in [1.807, 2.05) is 36.4 Å². The molecule has 5 rings (SSSR count). The highest BCUT2D eigenvalue weighted by Gasteiger charge is 2.39. The molecule has 2 heterocycles. The fourth-order valence-corrected chi connectivity index (χ4v) is 4.61. The van der Waals surface area contributed by atoms with Crippen molar-refractivity contribution in [3.05, 3.63) is 71.4 Å². The van der Waals surface area contributed by atoms with Crippen LogP contribution in [-0.2, 0) is 0 Å². The van der Waals surface area contributed by atoms with Crippen molar-refractivity contribution in [2.24, 2.45) is 11.8 Å². The average molecular weight is 478 g/mol. The van der Waals surface area contributed by atoms with Gasteiger partial charge in [-0.3, -0.25) is 0 Å². The van der Waals surface area contributed by atoms with E-state index >= 15 is 0 Å². The Morgan fingerprint density at radius 2 is 2.06 bits per heavy atom. The number of nitrogens with zero attached hydrogens (tertiary/aromatic N) is 3. The van der Waals surface area contributed by atoms with Crippen LogP contribution in [0.25, 0.3) is 27.6 Å². The van der Waals surface area contributed by atoms with Crippen LogP contribution in [0.4, 0.5) is 14.7 Å². The molecule has 0 saturated carbocycles. The van der Waals surface area contributed by atoms with Gasteiger partial charge in [0.2, 0.25) is 5.95 Å². The van der Waals surface area contributed by atoms with Crippen molar-refractivity contribution in [3.8, 4) is 17.2 Å². The maximum Gasteiger partial charge on any atom is 0.286 e. The third kappa shape index (κ3) is 4.39. The lowest BCUT2D eigenvalue weighted by molar-refractivity contribution is 0.0303. The maximum absolute atomic E-state index is 14.6. The van der Waals surface area contributed by atoms with Gasteiger partial charge in [0.15, 0.2) is 0 Å². The number of alkyl halides is 2. The monoisotopic (exact) mass is 477 g/mol. The van der Waals surface area contributed by atoms with Crippen LogP contribution in [0.1, 0.15) is 12.1 Å². The highest BCUT2D eigenvalue weighted by Crippen LogP contribution is 2.38. The summed E-state index contributed by atoms with van der Waals surface area (Å²) in [7, 11) is 0. The van der Waals surface area contributed by atoms with Crippen LogP contribution < -0.4 is 10.6 Å².